The van der Waals surface area contributed by atoms with E-state index in [1.807, 2.05) is 0 Å². The van der Waals surface area contributed by atoms with Gasteiger partial charge in [0.1, 0.15) is 0 Å². The van der Waals surface area contributed by atoms with Crippen LogP contribution < -0.4 is 0 Å². The SMILES string of the molecule is CC(C)(F)C(F)(F)CCO. The lowest BCUT2D eigenvalue weighted by Crippen LogP contribution is -2.39. The molecule has 0 aliphatic carbocycles. The third-order valence-corrected chi connectivity index (χ3v) is 1.30. The van der Waals surface area contributed by atoms with E-state index in [0.717, 1.165) is 13.8 Å². The highest BCUT2D eigenvalue weighted by Crippen LogP contribution is 2.34. The molecule has 0 unspecified atom stereocenters. The van der Waals surface area contributed by atoms with Crippen molar-refractivity contribution in [1.82, 2.24) is 0 Å². The highest BCUT2D eigenvalue weighted by Gasteiger charge is 2.46. The summed E-state index contributed by atoms with van der Waals surface area (Å²) in [5, 5.41) is 8.12. The lowest BCUT2D eigenvalue weighted by molar-refractivity contribution is -0.130. The maximum Gasteiger partial charge on any atom is 0.283 e. The highest BCUT2D eigenvalue weighted by atomic mass is 19.3. The van der Waals surface area contributed by atoms with Gasteiger partial charge in [-0.05, 0) is 13.8 Å². The Kier molecular flexibility index (Phi) is 2.71. The number of aliphatic hydroxyl groups is 1. The molecule has 0 radical (unpaired) electrons. The minimum Gasteiger partial charge on any atom is -0.396 e. The molecule has 0 rings (SSSR count). The molecule has 62 valence electrons. The first-order chi connectivity index (χ1) is 4.31. The third kappa shape index (κ3) is 2.17. The standard InChI is InChI=1S/C6H11F3O/c1-5(2,7)6(8,9)3-4-10/h10H,3-4H2,1-2H3. The van der Waals surface area contributed by atoms with Gasteiger partial charge in [-0.15, -0.1) is 0 Å². The number of hydrogen-bond acceptors (Lipinski definition) is 1. The molecule has 1 N–H and O–H groups in total. The fourth-order valence-electron chi connectivity index (χ4n) is 0.438. The van der Waals surface area contributed by atoms with Crippen LogP contribution in [0.2, 0.25) is 0 Å². The van der Waals surface area contributed by atoms with Gasteiger partial charge in [-0.1, -0.05) is 0 Å². The minimum absolute atomic E-state index is 0.694. The predicted octanol–water partition coefficient (Wildman–Crippen LogP) is 1.75. The normalized spacial score (nSPS) is 13.8. The third-order valence-electron chi connectivity index (χ3n) is 1.30. The second kappa shape index (κ2) is 2.78. The predicted molar refractivity (Wildman–Crippen MR) is 31.8 cm³/mol. The summed E-state index contributed by atoms with van der Waals surface area (Å²) in [6.07, 6.45) is -0.823. The molecule has 0 aromatic heterocycles. The van der Waals surface area contributed by atoms with Gasteiger partial charge in [0, 0.05) is 13.0 Å². The van der Waals surface area contributed by atoms with Crippen molar-refractivity contribution in [3.8, 4) is 0 Å². The Bertz CT molecular complexity index is 106. The van der Waals surface area contributed by atoms with E-state index in [2.05, 4.69) is 0 Å². The Morgan fingerprint density at radius 3 is 1.70 bits per heavy atom. The molecule has 0 heterocycles. The molecule has 0 amide bonds. The smallest absolute Gasteiger partial charge is 0.283 e. The van der Waals surface area contributed by atoms with Crippen LogP contribution in [0.3, 0.4) is 0 Å². The molecule has 0 fully saturated rings. The summed E-state index contributed by atoms with van der Waals surface area (Å²) in [6, 6.07) is 0. The van der Waals surface area contributed by atoms with Crippen LogP contribution in [0, 0.1) is 0 Å². The van der Waals surface area contributed by atoms with E-state index in [4.69, 9.17) is 5.11 Å². The number of rotatable bonds is 3. The molecule has 1 nitrogen and oxygen atoms in total. The van der Waals surface area contributed by atoms with Crippen molar-refractivity contribution in [3.05, 3.63) is 0 Å². The molecule has 0 spiro atoms. The fraction of sp³-hybridized carbons (Fsp3) is 1.00. The van der Waals surface area contributed by atoms with E-state index < -0.39 is 24.6 Å². The van der Waals surface area contributed by atoms with Crippen LogP contribution in [0.15, 0.2) is 0 Å². The molecule has 0 aliphatic rings. The average molecular weight is 156 g/mol. The maximum absolute atomic E-state index is 12.5. The van der Waals surface area contributed by atoms with Gasteiger partial charge in [0.15, 0.2) is 5.67 Å². The van der Waals surface area contributed by atoms with Crippen LogP contribution in [0.5, 0.6) is 0 Å². The molecular weight excluding hydrogens is 145 g/mol. The van der Waals surface area contributed by atoms with Gasteiger partial charge in [0.2, 0.25) is 0 Å². The molecule has 0 bridgehead atoms. The summed E-state index contributed by atoms with van der Waals surface area (Å²) >= 11 is 0. The van der Waals surface area contributed by atoms with E-state index in [1.54, 1.807) is 0 Å². The highest BCUT2D eigenvalue weighted by molar-refractivity contribution is 4.84. The summed E-state index contributed by atoms with van der Waals surface area (Å²) in [5.74, 6) is -3.43. The second-order valence-electron chi connectivity index (χ2n) is 2.65. The van der Waals surface area contributed by atoms with Crippen LogP contribution in [-0.4, -0.2) is 23.3 Å². The van der Waals surface area contributed by atoms with Gasteiger partial charge < -0.3 is 5.11 Å². The van der Waals surface area contributed by atoms with E-state index in [1.165, 1.54) is 0 Å². The molecule has 0 aromatic carbocycles. The zero-order valence-corrected chi connectivity index (χ0v) is 6.00. The molecule has 0 saturated heterocycles. The minimum atomic E-state index is -3.43. The van der Waals surface area contributed by atoms with Crippen molar-refractivity contribution in [3.63, 3.8) is 0 Å². The van der Waals surface area contributed by atoms with Gasteiger partial charge >= 0.3 is 0 Å². The Morgan fingerprint density at radius 2 is 1.60 bits per heavy atom. The van der Waals surface area contributed by atoms with Crippen molar-refractivity contribution in [2.45, 2.75) is 31.9 Å². The number of hydrogen-bond donors (Lipinski definition) is 1. The van der Waals surface area contributed by atoms with Crippen molar-refractivity contribution < 1.29 is 18.3 Å². The monoisotopic (exact) mass is 156 g/mol. The van der Waals surface area contributed by atoms with Gasteiger partial charge in [-0.2, -0.15) is 0 Å². The number of alkyl halides is 3. The Hall–Kier alpha value is -0.250. The molecule has 0 aliphatic heterocycles. The first-order valence-electron chi connectivity index (χ1n) is 2.99. The van der Waals surface area contributed by atoms with Crippen molar-refractivity contribution in [2.24, 2.45) is 0 Å². The first-order valence-corrected chi connectivity index (χ1v) is 2.99. The van der Waals surface area contributed by atoms with Gasteiger partial charge in [-0.3, -0.25) is 0 Å². The zero-order valence-electron chi connectivity index (χ0n) is 6.00. The summed E-state index contributed by atoms with van der Waals surface area (Å²) < 4.78 is 37.3. The Morgan fingerprint density at radius 1 is 1.20 bits per heavy atom. The lowest BCUT2D eigenvalue weighted by Gasteiger charge is -2.25. The largest absolute Gasteiger partial charge is 0.396 e. The van der Waals surface area contributed by atoms with Crippen molar-refractivity contribution >= 4 is 0 Å². The van der Waals surface area contributed by atoms with Crippen LogP contribution in [-0.2, 0) is 0 Å². The van der Waals surface area contributed by atoms with E-state index in [-0.39, 0.29) is 0 Å². The van der Waals surface area contributed by atoms with Crippen LogP contribution in [0.4, 0.5) is 13.2 Å². The van der Waals surface area contributed by atoms with Crippen LogP contribution in [0.25, 0.3) is 0 Å². The Labute approximate surface area is 57.9 Å². The molecule has 0 saturated carbocycles. The quantitative estimate of drug-likeness (QED) is 0.660. The summed E-state index contributed by atoms with van der Waals surface area (Å²) in [7, 11) is 0. The Balaban J connectivity index is 4.10. The maximum atomic E-state index is 12.5. The lowest BCUT2D eigenvalue weighted by atomic mass is 10.0. The first kappa shape index (κ1) is 9.75. The summed E-state index contributed by atoms with van der Waals surface area (Å²) in [6.45, 7) is 0.895. The van der Waals surface area contributed by atoms with Gasteiger partial charge in [0.05, 0.1) is 0 Å². The topological polar surface area (TPSA) is 20.2 Å². The second-order valence-corrected chi connectivity index (χ2v) is 2.65. The summed E-state index contributed by atoms with van der Waals surface area (Å²) in [4.78, 5) is 0. The molecular formula is C6H11F3O. The average Bonchev–Trinajstić information content (AvgIpc) is 1.61. The van der Waals surface area contributed by atoms with Gasteiger partial charge in [-0.25, -0.2) is 13.2 Å². The molecule has 0 aromatic rings. The number of halogens is 3. The molecule has 10 heavy (non-hydrogen) atoms. The van der Waals surface area contributed by atoms with Crippen LogP contribution >= 0.6 is 0 Å². The molecule has 4 heteroatoms. The summed E-state index contributed by atoms with van der Waals surface area (Å²) in [5.41, 5.74) is -2.55. The molecule has 0 atom stereocenters. The van der Waals surface area contributed by atoms with Crippen molar-refractivity contribution in [2.75, 3.05) is 6.61 Å². The number of aliphatic hydroxyl groups excluding tert-OH is 1. The van der Waals surface area contributed by atoms with Crippen LogP contribution in [0.1, 0.15) is 20.3 Å². The van der Waals surface area contributed by atoms with Gasteiger partial charge in [0.25, 0.3) is 5.92 Å². The van der Waals surface area contributed by atoms with Crippen molar-refractivity contribution in [1.29, 1.82) is 0 Å². The van der Waals surface area contributed by atoms with E-state index >= 15 is 0 Å². The zero-order chi connectivity index (χ0) is 8.41. The fourth-order valence-corrected chi connectivity index (χ4v) is 0.438. The van der Waals surface area contributed by atoms with E-state index in [0.29, 0.717) is 0 Å². The van der Waals surface area contributed by atoms with E-state index in [9.17, 15) is 13.2 Å².